The van der Waals surface area contributed by atoms with Crippen LogP contribution in [0, 0.1) is 12.7 Å². The Hall–Kier alpha value is -3.89. The number of carbonyl (C=O) groups is 1. The molecule has 2 aliphatic heterocycles. The van der Waals surface area contributed by atoms with Crippen molar-refractivity contribution < 1.29 is 22.7 Å². The van der Waals surface area contributed by atoms with Crippen LogP contribution in [0.25, 0.3) is 10.9 Å². The van der Waals surface area contributed by atoms with Crippen LogP contribution < -0.4 is 10.9 Å². The maximum absolute atomic E-state index is 14.8. The summed E-state index contributed by atoms with van der Waals surface area (Å²) in [4.78, 5) is 35.2. The molecule has 2 aliphatic rings. The lowest BCUT2D eigenvalue weighted by molar-refractivity contribution is 0.146. The second-order valence-electron chi connectivity index (χ2n) is 8.62. The number of halogens is 3. The number of aryl methyl sites for hydroxylation is 1. The summed E-state index contributed by atoms with van der Waals surface area (Å²) in [5, 5.41) is 3.55. The molecule has 8 nitrogen and oxygen atoms in total. The number of benzene rings is 1. The van der Waals surface area contributed by atoms with E-state index in [0.29, 0.717) is 35.5 Å². The van der Waals surface area contributed by atoms with E-state index < -0.39 is 29.9 Å². The smallest absolute Gasteiger partial charge is 0.410 e. The van der Waals surface area contributed by atoms with Gasteiger partial charge in [-0.1, -0.05) is 24.3 Å². The summed E-state index contributed by atoms with van der Waals surface area (Å²) in [6, 6.07) is 3.96. The predicted molar refractivity (Wildman–Crippen MR) is 122 cm³/mol. The fraction of sp³-hybridized carbons (Fsp3) is 0.333. The first-order chi connectivity index (χ1) is 16.8. The van der Waals surface area contributed by atoms with E-state index >= 15 is 0 Å². The normalized spacial score (nSPS) is 20.3. The van der Waals surface area contributed by atoms with E-state index in [1.807, 2.05) is 0 Å². The number of pyridine rings is 1. The van der Waals surface area contributed by atoms with Gasteiger partial charge in [0.1, 0.15) is 24.1 Å². The Labute approximate surface area is 198 Å². The number of hydrogen-bond acceptors (Lipinski definition) is 6. The van der Waals surface area contributed by atoms with Gasteiger partial charge in [0.05, 0.1) is 34.6 Å². The summed E-state index contributed by atoms with van der Waals surface area (Å²) < 4.78 is 47.9. The van der Waals surface area contributed by atoms with Crippen molar-refractivity contribution >= 4 is 22.8 Å². The Morgan fingerprint density at radius 3 is 2.71 bits per heavy atom. The SMILES string of the molecule is C=C[C@@H](Nc1nc(C)nc2cc(=O)n([C@H]3C[C@@H]4COC(=O)N4C3)cc12)c1cccc(C(F)F)c1F. The highest BCUT2D eigenvalue weighted by molar-refractivity contribution is 5.88. The average molecular weight is 485 g/mol. The van der Waals surface area contributed by atoms with E-state index in [1.54, 1.807) is 22.6 Å². The Bertz CT molecular complexity index is 1390. The van der Waals surface area contributed by atoms with E-state index in [9.17, 15) is 22.8 Å². The van der Waals surface area contributed by atoms with Gasteiger partial charge in [0, 0.05) is 24.4 Å². The summed E-state index contributed by atoms with van der Waals surface area (Å²) in [5.74, 6) is -0.359. The van der Waals surface area contributed by atoms with Crippen LogP contribution in [0.5, 0.6) is 0 Å². The quantitative estimate of drug-likeness (QED) is 0.525. The molecule has 3 aromatic rings. The number of nitrogens with one attached hydrogen (secondary N) is 1. The third-order valence-corrected chi connectivity index (χ3v) is 6.45. The molecule has 1 amide bonds. The maximum atomic E-state index is 14.8. The van der Waals surface area contributed by atoms with Crippen LogP contribution in [0.2, 0.25) is 0 Å². The minimum atomic E-state index is -2.96. The summed E-state index contributed by atoms with van der Waals surface area (Å²) in [6.07, 6.45) is 0.215. The molecule has 3 atom stereocenters. The van der Waals surface area contributed by atoms with Gasteiger partial charge in [-0.25, -0.2) is 27.9 Å². The number of nitrogens with zero attached hydrogens (tertiary/aromatic N) is 4. The molecular weight excluding hydrogens is 463 g/mol. The summed E-state index contributed by atoms with van der Waals surface area (Å²) in [6.45, 7) is 6.00. The highest BCUT2D eigenvalue weighted by Gasteiger charge is 2.42. The number of ether oxygens (including phenoxy) is 1. The number of anilines is 1. The molecule has 0 radical (unpaired) electrons. The summed E-state index contributed by atoms with van der Waals surface area (Å²) in [7, 11) is 0. The van der Waals surface area contributed by atoms with Gasteiger partial charge in [0.15, 0.2) is 0 Å². The number of fused-ring (bicyclic) bond motifs is 2. The molecule has 1 aromatic carbocycles. The van der Waals surface area contributed by atoms with Gasteiger partial charge in [0.2, 0.25) is 0 Å². The number of alkyl halides is 2. The van der Waals surface area contributed by atoms with Crippen LogP contribution in [0.4, 0.5) is 23.8 Å². The molecule has 2 fully saturated rings. The second-order valence-corrected chi connectivity index (χ2v) is 8.62. The summed E-state index contributed by atoms with van der Waals surface area (Å²) >= 11 is 0. The fourth-order valence-electron chi connectivity index (χ4n) is 4.74. The third kappa shape index (κ3) is 4.00. The van der Waals surface area contributed by atoms with Crippen molar-refractivity contribution in [3.05, 3.63) is 76.2 Å². The zero-order valence-electron chi connectivity index (χ0n) is 18.7. The molecule has 1 N–H and O–H groups in total. The van der Waals surface area contributed by atoms with E-state index in [4.69, 9.17) is 4.74 Å². The van der Waals surface area contributed by atoms with Crippen molar-refractivity contribution in [3.63, 3.8) is 0 Å². The monoisotopic (exact) mass is 485 g/mol. The Balaban J connectivity index is 1.54. The Morgan fingerprint density at radius 1 is 1.23 bits per heavy atom. The highest BCUT2D eigenvalue weighted by atomic mass is 19.3. The largest absolute Gasteiger partial charge is 0.447 e. The molecule has 2 saturated heterocycles. The molecule has 4 heterocycles. The first-order valence-electron chi connectivity index (χ1n) is 11.1. The van der Waals surface area contributed by atoms with Crippen LogP contribution >= 0.6 is 0 Å². The highest BCUT2D eigenvalue weighted by Crippen LogP contribution is 2.33. The maximum Gasteiger partial charge on any atom is 0.410 e. The molecule has 5 rings (SSSR count). The first-order valence-corrected chi connectivity index (χ1v) is 11.1. The molecule has 0 saturated carbocycles. The minimum Gasteiger partial charge on any atom is -0.447 e. The standard InChI is InChI=1S/C24H22F3N5O3/c1-3-18(15-5-4-6-16(21(15)25)22(26)27)30-23-17-10-31(20(33)8-19(17)28-12(2)29-23)13-7-14-11-35-24(34)32(14)9-13/h3-6,8,10,13-14,18,22H,1,7,9,11H2,2H3,(H,28,29,30)/t13-,14+,18+/m0/s1. The molecule has 0 bridgehead atoms. The second kappa shape index (κ2) is 8.71. The lowest BCUT2D eigenvalue weighted by Crippen LogP contribution is -2.29. The lowest BCUT2D eigenvalue weighted by Gasteiger charge is -2.20. The van der Waals surface area contributed by atoms with Crippen molar-refractivity contribution in [2.45, 2.75) is 37.9 Å². The minimum absolute atomic E-state index is 0.00883. The molecule has 182 valence electrons. The first kappa shape index (κ1) is 22.9. The third-order valence-electron chi connectivity index (χ3n) is 6.45. The van der Waals surface area contributed by atoms with Gasteiger partial charge in [-0.3, -0.25) is 9.69 Å². The van der Waals surface area contributed by atoms with Crippen molar-refractivity contribution in [1.29, 1.82) is 0 Å². The molecule has 0 aliphatic carbocycles. The van der Waals surface area contributed by atoms with Gasteiger partial charge >= 0.3 is 6.09 Å². The molecule has 35 heavy (non-hydrogen) atoms. The predicted octanol–water partition coefficient (Wildman–Crippen LogP) is 4.28. The van der Waals surface area contributed by atoms with Crippen LogP contribution in [0.1, 0.15) is 41.9 Å². The van der Waals surface area contributed by atoms with E-state index in [2.05, 4.69) is 21.9 Å². The molecule has 2 aromatic heterocycles. The van der Waals surface area contributed by atoms with Crippen LogP contribution in [-0.2, 0) is 4.74 Å². The molecule has 0 spiro atoms. The molecular formula is C24H22F3N5O3. The van der Waals surface area contributed by atoms with Gasteiger partial charge in [0.25, 0.3) is 12.0 Å². The number of hydrogen-bond donors (Lipinski definition) is 1. The van der Waals surface area contributed by atoms with E-state index in [1.165, 1.54) is 24.3 Å². The van der Waals surface area contributed by atoms with Gasteiger partial charge in [-0.05, 0) is 13.3 Å². The molecule has 11 heteroatoms. The van der Waals surface area contributed by atoms with Crippen molar-refractivity contribution in [2.75, 3.05) is 18.5 Å². The van der Waals surface area contributed by atoms with Crippen molar-refractivity contribution in [1.82, 2.24) is 19.4 Å². The van der Waals surface area contributed by atoms with Crippen LogP contribution in [0.15, 0.2) is 47.9 Å². The zero-order chi connectivity index (χ0) is 24.9. The lowest BCUT2D eigenvalue weighted by atomic mass is 10.0. The Kier molecular flexibility index (Phi) is 5.70. The average Bonchev–Trinajstić information content (AvgIpc) is 3.38. The number of carbonyl (C=O) groups excluding carboxylic acids is 1. The number of aromatic nitrogens is 3. The molecule has 0 unspecified atom stereocenters. The Morgan fingerprint density at radius 2 is 2.00 bits per heavy atom. The number of amides is 1. The van der Waals surface area contributed by atoms with Crippen LogP contribution in [-0.4, -0.2) is 44.7 Å². The number of cyclic esters (lactones) is 1. The topological polar surface area (TPSA) is 89.4 Å². The summed E-state index contributed by atoms with van der Waals surface area (Å²) in [5.41, 5.74) is -0.611. The van der Waals surface area contributed by atoms with E-state index in [0.717, 1.165) is 6.07 Å². The van der Waals surface area contributed by atoms with Crippen molar-refractivity contribution in [3.8, 4) is 0 Å². The van der Waals surface area contributed by atoms with E-state index in [-0.39, 0.29) is 29.8 Å². The van der Waals surface area contributed by atoms with Crippen LogP contribution in [0.3, 0.4) is 0 Å². The fourth-order valence-corrected chi connectivity index (χ4v) is 4.74. The zero-order valence-corrected chi connectivity index (χ0v) is 18.7. The number of rotatable bonds is 6. The van der Waals surface area contributed by atoms with Crippen molar-refractivity contribution in [2.24, 2.45) is 0 Å². The van der Waals surface area contributed by atoms with Gasteiger partial charge in [-0.2, -0.15) is 0 Å². The van der Waals surface area contributed by atoms with Gasteiger partial charge in [-0.15, -0.1) is 6.58 Å². The van der Waals surface area contributed by atoms with Gasteiger partial charge < -0.3 is 14.6 Å².